The molecule has 0 aliphatic carbocycles. The van der Waals surface area contributed by atoms with E-state index in [9.17, 15) is 9.59 Å². The maximum Gasteiger partial charge on any atom is 0.254 e. The average molecular weight is 398 g/mol. The summed E-state index contributed by atoms with van der Waals surface area (Å²) < 4.78 is 5.88. The smallest absolute Gasteiger partial charge is 0.254 e. The second-order valence-electron chi connectivity index (χ2n) is 7.13. The van der Waals surface area contributed by atoms with E-state index in [1.54, 1.807) is 18.3 Å². The van der Waals surface area contributed by atoms with Crippen molar-refractivity contribution in [2.24, 2.45) is 0 Å². The molecule has 1 aliphatic heterocycles. The number of rotatable bonds is 1. The third-order valence-corrected chi connectivity index (χ3v) is 4.91. The fourth-order valence-corrected chi connectivity index (χ4v) is 3.47. The Balaban J connectivity index is 1.73. The van der Waals surface area contributed by atoms with Crippen LogP contribution >= 0.6 is 0 Å². The first-order chi connectivity index (χ1) is 14.7. The summed E-state index contributed by atoms with van der Waals surface area (Å²) in [7, 11) is 0. The molecule has 1 N–H and O–H groups in total. The number of carbonyl (C=O) groups is 2. The minimum atomic E-state index is -0.630. The van der Waals surface area contributed by atoms with Crippen LogP contribution in [0.2, 0.25) is 0 Å². The zero-order chi connectivity index (χ0) is 20.8. The van der Waals surface area contributed by atoms with Crippen LogP contribution in [0.1, 0.15) is 27.9 Å². The Hall–Kier alpha value is -3.73. The third-order valence-electron chi connectivity index (χ3n) is 4.91. The van der Waals surface area contributed by atoms with Crippen molar-refractivity contribution < 1.29 is 14.3 Å². The first-order valence-electron chi connectivity index (χ1n) is 9.93. The van der Waals surface area contributed by atoms with Gasteiger partial charge in [0, 0.05) is 11.8 Å². The first kappa shape index (κ1) is 19.6. The lowest BCUT2D eigenvalue weighted by atomic mass is 10.0. The van der Waals surface area contributed by atoms with Crippen LogP contribution in [0.3, 0.4) is 0 Å². The number of pyridine rings is 1. The summed E-state index contributed by atoms with van der Waals surface area (Å²) in [6.07, 6.45) is 7.71. The van der Waals surface area contributed by atoms with E-state index < -0.39 is 6.04 Å². The summed E-state index contributed by atoms with van der Waals surface area (Å²) in [6, 6.07) is 18.3. The summed E-state index contributed by atoms with van der Waals surface area (Å²) in [6.45, 7) is 0.544. The molecule has 4 rings (SSSR count). The predicted octanol–water partition coefficient (Wildman–Crippen LogP) is 4.08. The molecular weight excluding hydrogens is 376 g/mol. The van der Waals surface area contributed by atoms with Crippen LogP contribution in [0.25, 0.3) is 17.3 Å². The van der Waals surface area contributed by atoms with Gasteiger partial charge >= 0.3 is 0 Å². The molecule has 1 aliphatic rings. The highest BCUT2D eigenvalue weighted by molar-refractivity contribution is 6.01. The summed E-state index contributed by atoms with van der Waals surface area (Å²) in [5.74, 6) is 0.386. The monoisotopic (exact) mass is 398 g/mol. The summed E-state index contributed by atoms with van der Waals surface area (Å²) >= 11 is 0. The van der Waals surface area contributed by atoms with Crippen LogP contribution in [0.15, 0.2) is 72.9 Å². The van der Waals surface area contributed by atoms with Gasteiger partial charge in [0.05, 0.1) is 23.9 Å². The molecule has 1 atom stereocenters. The van der Waals surface area contributed by atoms with Crippen LogP contribution in [-0.2, 0) is 11.2 Å². The standard InChI is InChI=1S/C25H22N2O3/c28-17-21-15-19-8-3-7-18(14-19)6-1-2-13-30-22-10-4-9-20(16-22)24-23(25(29)27-21)11-5-12-26-24/h1,3-12,14,16-17,21H,2,13,15H2,(H,27,29)/b6-1+/t21-/m0/s1. The Morgan fingerprint density at radius 1 is 1.07 bits per heavy atom. The summed E-state index contributed by atoms with van der Waals surface area (Å²) in [5.41, 5.74) is 3.78. The van der Waals surface area contributed by atoms with Gasteiger partial charge in [0.25, 0.3) is 5.91 Å². The molecule has 150 valence electrons. The largest absolute Gasteiger partial charge is 0.493 e. The van der Waals surface area contributed by atoms with Crippen LogP contribution in [0, 0.1) is 0 Å². The van der Waals surface area contributed by atoms with E-state index in [4.69, 9.17) is 4.74 Å². The van der Waals surface area contributed by atoms with Crippen molar-refractivity contribution in [3.63, 3.8) is 0 Å². The van der Waals surface area contributed by atoms with Gasteiger partial charge in [0.1, 0.15) is 12.0 Å². The van der Waals surface area contributed by atoms with E-state index in [-0.39, 0.29) is 5.91 Å². The van der Waals surface area contributed by atoms with Gasteiger partial charge in [-0.1, -0.05) is 48.6 Å². The van der Waals surface area contributed by atoms with E-state index in [0.717, 1.165) is 35.1 Å². The molecule has 3 aromatic rings. The average Bonchev–Trinajstić information content (AvgIpc) is 2.78. The number of aldehydes is 1. The molecule has 1 amide bonds. The molecule has 30 heavy (non-hydrogen) atoms. The molecule has 2 aromatic carbocycles. The molecule has 5 nitrogen and oxygen atoms in total. The van der Waals surface area contributed by atoms with Gasteiger partial charge in [-0.25, -0.2) is 0 Å². The van der Waals surface area contributed by atoms with Crippen LogP contribution in [-0.4, -0.2) is 29.8 Å². The van der Waals surface area contributed by atoms with Crippen molar-refractivity contribution in [2.75, 3.05) is 6.61 Å². The maximum absolute atomic E-state index is 13.0. The van der Waals surface area contributed by atoms with E-state index in [0.29, 0.717) is 24.3 Å². The van der Waals surface area contributed by atoms with Gasteiger partial charge < -0.3 is 14.8 Å². The molecule has 0 spiro atoms. The van der Waals surface area contributed by atoms with Gasteiger partial charge in [-0.15, -0.1) is 0 Å². The summed E-state index contributed by atoms with van der Waals surface area (Å²) in [4.78, 5) is 29.1. The van der Waals surface area contributed by atoms with E-state index in [1.807, 2.05) is 54.6 Å². The Morgan fingerprint density at radius 3 is 2.87 bits per heavy atom. The van der Waals surface area contributed by atoms with E-state index >= 15 is 0 Å². The molecule has 4 bridgehead atoms. The number of carbonyl (C=O) groups excluding carboxylic acids is 2. The highest BCUT2D eigenvalue weighted by Crippen LogP contribution is 2.25. The van der Waals surface area contributed by atoms with Crippen molar-refractivity contribution >= 4 is 18.3 Å². The fourth-order valence-electron chi connectivity index (χ4n) is 3.47. The second kappa shape index (κ2) is 9.18. The van der Waals surface area contributed by atoms with Crippen molar-refractivity contribution in [2.45, 2.75) is 18.9 Å². The van der Waals surface area contributed by atoms with E-state index in [1.165, 1.54) is 0 Å². The topological polar surface area (TPSA) is 68.3 Å². The number of nitrogens with one attached hydrogen (secondary N) is 1. The molecule has 0 unspecified atom stereocenters. The van der Waals surface area contributed by atoms with Crippen molar-refractivity contribution in [1.82, 2.24) is 10.3 Å². The van der Waals surface area contributed by atoms with Gasteiger partial charge in [0.15, 0.2) is 0 Å². The maximum atomic E-state index is 13.0. The predicted molar refractivity (Wildman–Crippen MR) is 116 cm³/mol. The Bertz CT molecular complexity index is 1090. The molecular formula is C25H22N2O3. The summed E-state index contributed by atoms with van der Waals surface area (Å²) in [5, 5.41) is 2.84. The second-order valence-corrected chi connectivity index (χ2v) is 7.13. The Kier molecular flexibility index (Phi) is 5.99. The molecule has 2 heterocycles. The lowest BCUT2D eigenvalue weighted by Crippen LogP contribution is -2.38. The number of hydrogen-bond donors (Lipinski definition) is 1. The lowest BCUT2D eigenvalue weighted by molar-refractivity contribution is -0.109. The fraction of sp³-hybridized carbons (Fsp3) is 0.160. The molecule has 0 radical (unpaired) electrons. The number of aromatic nitrogens is 1. The van der Waals surface area contributed by atoms with Crippen LogP contribution in [0.4, 0.5) is 0 Å². The molecule has 5 heteroatoms. The van der Waals surface area contributed by atoms with Gasteiger partial charge in [-0.2, -0.15) is 0 Å². The highest BCUT2D eigenvalue weighted by atomic mass is 16.5. The quantitative estimate of drug-likeness (QED) is 0.627. The molecule has 0 saturated heterocycles. The van der Waals surface area contributed by atoms with Crippen LogP contribution in [0.5, 0.6) is 5.75 Å². The number of amides is 1. The number of benzene rings is 2. The van der Waals surface area contributed by atoms with Crippen molar-refractivity contribution in [3.05, 3.63) is 89.6 Å². The normalized spacial score (nSPS) is 17.6. The van der Waals surface area contributed by atoms with Crippen molar-refractivity contribution in [1.29, 1.82) is 0 Å². The molecule has 0 fully saturated rings. The molecule has 1 aromatic heterocycles. The highest BCUT2D eigenvalue weighted by Gasteiger charge is 2.18. The zero-order valence-corrected chi connectivity index (χ0v) is 16.5. The molecule has 0 saturated carbocycles. The zero-order valence-electron chi connectivity index (χ0n) is 16.5. The first-order valence-corrected chi connectivity index (χ1v) is 9.93. The number of nitrogens with zero attached hydrogens (tertiary/aromatic N) is 1. The third kappa shape index (κ3) is 4.63. The minimum absolute atomic E-state index is 0.332. The lowest BCUT2D eigenvalue weighted by Gasteiger charge is -2.15. The van der Waals surface area contributed by atoms with Gasteiger partial charge in [-0.3, -0.25) is 9.78 Å². The Morgan fingerprint density at radius 2 is 1.97 bits per heavy atom. The van der Waals surface area contributed by atoms with Crippen LogP contribution < -0.4 is 10.1 Å². The number of hydrogen-bond acceptors (Lipinski definition) is 4. The van der Waals surface area contributed by atoms with Gasteiger partial charge in [0.2, 0.25) is 0 Å². The Labute approximate surface area is 175 Å². The minimum Gasteiger partial charge on any atom is -0.493 e. The SMILES string of the molecule is O=C[C@@H]1Cc2cccc(c2)/C=C/CCOc2cccc(c2)-c2ncccc2C(=O)N1. The number of fused-ring (bicyclic) bond motifs is 6. The van der Waals surface area contributed by atoms with E-state index in [2.05, 4.69) is 16.4 Å². The number of ether oxygens (including phenoxy) is 1. The van der Waals surface area contributed by atoms with Crippen molar-refractivity contribution in [3.8, 4) is 17.0 Å². The van der Waals surface area contributed by atoms with Gasteiger partial charge in [-0.05, 0) is 48.2 Å².